The number of nitrogens with one attached hydrogen (secondary N) is 1. The SMILES string of the molecule is CC(C)CC(CBr)NC(=O)c1ccon1. The highest BCUT2D eigenvalue weighted by atomic mass is 79.9. The smallest absolute Gasteiger partial charge is 0.273 e. The van der Waals surface area contributed by atoms with Crippen molar-refractivity contribution >= 4 is 21.8 Å². The van der Waals surface area contributed by atoms with Crippen molar-refractivity contribution in [3.8, 4) is 0 Å². The van der Waals surface area contributed by atoms with Crippen LogP contribution in [0.1, 0.15) is 30.8 Å². The maximum atomic E-state index is 11.6. The highest BCUT2D eigenvalue weighted by Gasteiger charge is 2.15. The van der Waals surface area contributed by atoms with Gasteiger partial charge >= 0.3 is 0 Å². The van der Waals surface area contributed by atoms with Crippen LogP contribution in [0.4, 0.5) is 0 Å². The van der Waals surface area contributed by atoms with E-state index in [1.54, 1.807) is 6.07 Å². The van der Waals surface area contributed by atoms with Crippen LogP contribution in [0.2, 0.25) is 0 Å². The van der Waals surface area contributed by atoms with Gasteiger partial charge in [0.25, 0.3) is 5.91 Å². The number of hydrogen-bond acceptors (Lipinski definition) is 3. The number of carbonyl (C=O) groups excluding carboxylic acids is 1. The maximum Gasteiger partial charge on any atom is 0.273 e. The van der Waals surface area contributed by atoms with Crippen molar-refractivity contribution in [2.24, 2.45) is 5.92 Å². The van der Waals surface area contributed by atoms with E-state index >= 15 is 0 Å². The fraction of sp³-hybridized carbons (Fsp3) is 0.600. The minimum Gasteiger partial charge on any atom is -0.364 e. The van der Waals surface area contributed by atoms with Crippen molar-refractivity contribution in [1.29, 1.82) is 0 Å². The molecule has 4 nitrogen and oxygen atoms in total. The lowest BCUT2D eigenvalue weighted by molar-refractivity contribution is 0.0928. The predicted octanol–water partition coefficient (Wildman–Crippen LogP) is 2.21. The van der Waals surface area contributed by atoms with Gasteiger partial charge in [0.05, 0.1) is 0 Å². The molecule has 0 aliphatic rings. The summed E-state index contributed by atoms with van der Waals surface area (Å²) in [5.74, 6) is 0.360. The first-order chi connectivity index (χ1) is 7.13. The van der Waals surface area contributed by atoms with Gasteiger partial charge in [-0.05, 0) is 12.3 Å². The Hall–Kier alpha value is -0.840. The molecule has 0 aliphatic heterocycles. The Morgan fingerprint density at radius 3 is 2.87 bits per heavy atom. The quantitative estimate of drug-likeness (QED) is 0.838. The number of rotatable bonds is 5. The molecule has 1 aromatic rings. The highest BCUT2D eigenvalue weighted by Crippen LogP contribution is 2.07. The Morgan fingerprint density at radius 2 is 2.40 bits per heavy atom. The molecular weight excluding hydrogens is 260 g/mol. The molecule has 0 aliphatic carbocycles. The normalized spacial score (nSPS) is 12.8. The van der Waals surface area contributed by atoms with Crippen LogP contribution in [0.3, 0.4) is 0 Å². The van der Waals surface area contributed by atoms with Gasteiger partial charge in [-0.25, -0.2) is 0 Å². The van der Waals surface area contributed by atoms with Gasteiger partial charge in [0.15, 0.2) is 5.69 Å². The second-order valence-electron chi connectivity index (χ2n) is 3.84. The fourth-order valence-electron chi connectivity index (χ4n) is 1.32. The molecule has 0 radical (unpaired) electrons. The van der Waals surface area contributed by atoms with Gasteiger partial charge < -0.3 is 9.84 Å². The standard InChI is InChI=1S/C10H15BrN2O2/c1-7(2)5-8(6-11)12-10(14)9-3-4-15-13-9/h3-4,7-8H,5-6H2,1-2H3,(H,12,14). The zero-order valence-corrected chi connectivity index (χ0v) is 10.5. The van der Waals surface area contributed by atoms with E-state index in [0.717, 1.165) is 11.8 Å². The molecule has 0 saturated carbocycles. The Balaban J connectivity index is 2.48. The highest BCUT2D eigenvalue weighted by molar-refractivity contribution is 9.09. The van der Waals surface area contributed by atoms with Gasteiger partial charge in [-0.1, -0.05) is 34.9 Å². The summed E-state index contributed by atoms with van der Waals surface area (Å²) in [4.78, 5) is 11.6. The zero-order valence-electron chi connectivity index (χ0n) is 8.87. The van der Waals surface area contributed by atoms with E-state index in [2.05, 4.69) is 44.8 Å². The van der Waals surface area contributed by atoms with E-state index in [9.17, 15) is 4.79 Å². The lowest BCUT2D eigenvalue weighted by Crippen LogP contribution is -2.37. The Bertz CT molecular complexity index is 298. The molecule has 1 aromatic heterocycles. The maximum absolute atomic E-state index is 11.6. The van der Waals surface area contributed by atoms with Crippen molar-refractivity contribution in [2.45, 2.75) is 26.3 Å². The second-order valence-corrected chi connectivity index (χ2v) is 4.49. The van der Waals surface area contributed by atoms with Crippen molar-refractivity contribution in [1.82, 2.24) is 10.5 Å². The summed E-state index contributed by atoms with van der Waals surface area (Å²) in [5.41, 5.74) is 0.324. The van der Waals surface area contributed by atoms with Crippen LogP contribution in [0.5, 0.6) is 0 Å². The summed E-state index contributed by atoms with van der Waals surface area (Å²) in [6, 6.07) is 1.69. The van der Waals surface area contributed by atoms with Gasteiger partial charge in [0, 0.05) is 17.4 Å². The van der Waals surface area contributed by atoms with Crippen LogP contribution in [0.15, 0.2) is 16.9 Å². The topological polar surface area (TPSA) is 55.1 Å². The Kier molecular flexibility index (Phi) is 4.81. The molecule has 0 spiro atoms. The Labute approximate surface area is 97.5 Å². The molecule has 1 amide bonds. The van der Waals surface area contributed by atoms with Gasteiger partial charge in [-0.2, -0.15) is 0 Å². The number of carbonyl (C=O) groups is 1. The van der Waals surface area contributed by atoms with E-state index in [1.807, 2.05) is 0 Å². The number of aromatic nitrogens is 1. The fourth-order valence-corrected chi connectivity index (χ4v) is 1.74. The molecule has 84 valence electrons. The molecule has 0 bridgehead atoms. The first-order valence-electron chi connectivity index (χ1n) is 4.90. The molecule has 5 heteroatoms. The molecule has 1 N–H and O–H groups in total. The van der Waals surface area contributed by atoms with Crippen LogP contribution in [-0.2, 0) is 0 Å². The minimum absolute atomic E-state index is 0.134. The summed E-state index contributed by atoms with van der Waals surface area (Å²) >= 11 is 3.38. The lowest BCUT2D eigenvalue weighted by Gasteiger charge is -2.17. The van der Waals surface area contributed by atoms with Crippen LogP contribution < -0.4 is 5.32 Å². The molecule has 1 unspecified atom stereocenters. The predicted molar refractivity (Wildman–Crippen MR) is 61.0 cm³/mol. The van der Waals surface area contributed by atoms with Gasteiger partial charge in [0.1, 0.15) is 6.26 Å². The van der Waals surface area contributed by atoms with Crippen molar-refractivity contribution in [3.05, 3.63) is 18.0 Å². The molecule has 1 rings (SSSR count). The number of hydrogen-bond donors (Lipinski definition) is 1. The third-order valence-corrected chi connectivity index (χ3v) is 2.73. The summed E-state index contributed by atoms with van der Waals surface area (Å²) < 4.78 is 4.61. The molecule has 1 atom stereocenters. The summed E-state index contributed by atoms with van der Waals surface area (Å²) in [6.45, 7) is 4.25. The monoisotopic (exact) mass is 274 g/mol. The molecule has 0 aromatic carbocycles. The molecular formula is C10H15BrN2O2. The molecule has 0 saturated heterocycles. The largest absolute Gasteiger partial charge is 0.364 e. The minimum atomic E-state index is -0.186. The molecule has 1 heterocycles. The van der Waals surface area contributed by atoms with E-state index in [0.29, 0.717) is 11.6 Å². The van der Waals surface area contributed by atoms with E-state index < -0.39 is 0 Å². The first-order valence-corrected chi connectivity index (χ1v) is 6.02. The van der Waals surface area contributed by atoms with Crippen molar-refractivity contribution in [2.75, 3.05) is 5.33 Å². The van der Waals surface area contributed by atoms with Gasteiger partial charge in [-0.3, -0.25) is 4.79 Å². The van der Waals surface area contributed by atoms with Crippen LogP contribution >= 0.6 is 15.9 Å². The van der Waals surface area contributed by atoms with Crippen molar-refractivity contribution in [3.63, 3.8) is 0 Å². The Morgan fingerprint density at radius 1 is 1.67 bits per heavy atom. The average molecular weight is 275 g/mol. The van der Waals surface area contributed by atoms with Crippen molar-refractivity contribution < 1.29 is 9.32 Å². The third kappa shape index (κ3) is 4.03. The van der Waals surface area contributed by atoms with Gasteiger partial charge in [-0.15, -0.1) is 0 Å². The second kappa shape index (κ2) is 5.90. The summed E-state index contributed by atoms with van der Waals surface area (Å²) in [5, 5.41) is 7.22. The van der Waals surface area contributed by atoms with Crippen LogP contribution in [0, 0.1) is 5.92 Å². The summed E-state index contributed by atoms with van der Waals surface area (Å²) in [7, 11) is 0. The number of alkyl halides is 1. The number of halogens is 1. The molecule has 15 heavy (non-hydrogen) atoms. The average Bonchev–Trinajstić information content (AvgIpc) is 2.68. The van der Waals surface area contributed by atoms with Gasteiger partial charge in [0.2, 0.25) is 0 Å². The lowest BCUT2D eigenvalue weighted by atomic mass is 10.1. The number of amides is 1. The first kappa shape index (κ1) is 12.2. The third-order valence-electron chi connectivity index (χ3n) is 1.95. The molecule has 0 fully saturated rings. The van der Waals surface area contributed by atoms with Crippen LogP contribution in [-0.4, -0.2) is 22.4 Å². The van der Waals surface area contributed by atoms with Crippen LogP contribution in [0.25, 0.3) is 0 Å². The number of nitrogens with zero attached hydrogens (tertiary/aromatic N) is 1. The van der Waals surface area contributed by atoms with E-state index in [1.165, 1.54) is 6.26 Å². The van der Waals surface area contributed by atoms with E-state index in [-0.39, 0.29) is 11.9 Å². The van der Waals surface area contributed by atoms with E-state index in [4.69, 9.17) is 0 Å². The zero-order chi connectivity index (χ0) is 11.3. The summed E-state index contributed by atoms with van der Waals surface area (Å²) in [6.07, 6.45) is 2.33.